The summed E-state index contributed by atoms with van der Waals surface area (Å²) >= 11 is 0.891. The Hall–Kier alpha value is -2.33. The SMILES string of the molecule is CCN(c1ccccc1)S(=O)(=O)c1ccc(-c2cc(C(F)(F)F)n(C)n2)s1. The van der Waals surface area contributed by atoms with Crippen molar-refractivity contribution >= 4 is 27.0 Å². The monoisotopic (exact) mass is 415 g/mol. The van der Waals surface area contributed by atoms with Crippen molar-refractivity contribution < 1.29 is 21.6 Å². The number of aryl methyl sites for hydroxylation is 1. The molecule has 0 saturated carbocycles. The van der Waals surface area contributed by atoms with Crippen molar-refractivity contribution in [3.8, 4) is 10.6 Å². The summed E-state index contributed by atoms with van der Waals surface area (Å²) in [6, 6.07) is 12.4. The van der Waals surface area contributed by atoms with Gasteiger partial charge in [0.25, 0.3) is 10.0 Å². The molecule has 0 aliphatic rings. The highest BCUT2D eigenvalue weighted by atomic mass is 32.2. The van der Waals surface area contributed by atoms with Crippen LogP contribution in [0.5, 0.6) is 0 Å². The van der Waals surface area contributed by atoms with Crippen LogP contribution in [0.25, 0.3) is 10.6 Å². The summed E-state index contributed by atoms with van der Waals surface area (Å²) in [5.74, 6) is 0. The van der Waals surface area contributed by atoms with Crippen LogP contribution < -0.4 is 4.31 Å². The summed E-state index contributed by atoms with van der Waals surface area (Å²) in [5, 5.41) is 3.86. The third-order valence-electron chi connectivity index (χ3n) is 3.88. The fourth-order valence-corrected chi connectivity index (χ4v) is 5.49. The molecule has 0 amide bonds. The maximum absolute atomic E-state index is 13.0. The van der Waals surface area contributed by atoms with Crippen molar-refractivity contribution in [1.29, 1.82) is 0 Å². The average Bonchev–Trinajstić information content (AvgIpc) is 3.22. The summed E-state index contributed by atoms with van der Waals surface area (Å²) in [6.45, 7) is 1.94. The summed E-state index contributed by atoms with van der Waals surface area (Å²) < 4.78 is 66.8. The number of hydrogen-bond acceptors (Lipinski definition) is 4. The molecule has 144 valence electrons. The van der Waals surface area contributed by atoms with Gasteiger partial charge >= 0.3 is 6.18 Å². The lowest BCUT2D eigenvalue weighted by Gasteiger charge is -2.21. The number of anilines is 1. The van der Waals surface area contributed by atoms with Gasteiger partial charge in [0.2, 0.25) is 0 Å². The standard InChI is InChI=1S/C17H16F3N3O2S2/c1-3-23(12-7-5-4-6-8-12)27(24,25)16-10-9-14(26-16)13-11-15(17(18,19)20)22(2)21-13/h4-11H,3H2,1-2H3. The van der Waals surface area contributed by atoms with Crippen LogP contribution in [0.2, 0.25) is 0 Å². The first-order valence-electron chi connectivity index (χ1n) is 7.94. The number of benzene rings is 1. The molecule has 0 aliphatic heterocycles. The van der Waals surface area contributed by atoms with Crippen LogP contribution in [0.3, 0.4) is 0 Å². The van der Waals surface area contributed by atoms with Gasteiger partial charge in [0.15, 0.2) is 0 Å². The number of sulfonamides is 1. The molecule has 0 spiro atoms. The van der Waals surface area contributed by atoms with Crippen LogP contribution in [-0.4, -0.2) is 24.7 Å². The molecule has 5 nitrogen and oxygen atoms in total. The van der Waals surface area contributed by atoms with E-state index in [0.717, 1.165) is 22.1 Å². The van der Waals surface area contributed by atoms with Crippen LogP contribution >= 0.6 is 11.3 Å². The lowest BCUT2D eigenvalue weighted by atomic mass is 10.3. The molecular formula is C17H16F3N3O2S2. The summed E-state index contributed by atoms with van der Waals surface area (Å²) in [6.07, 6.45) is -4.53. The van der Waals surface area contributed by atoms with Crippen LogP contribution in [-0.2, 0) is 23.2 Å². The van der Waals surface area contributed by atoms with Gasteiger partial charge in [0, 0.05) is 13.6 Å². The smallest absolute Gasteiger partial charge is 0.266 e. The number of alkyl halides is 3. The zero-order valence-electron chi connectivity index (χ0n) is 14.4. The molecule has 0 radical (unpaired) electrons. The van der Waals surface area contributed by atoms with Crippen LogP contribution in [0.1, 0.15) is 12.6 Å². The largest absolute Gasteiger partial charge is 0.433 e. The number of aromatic nitrogens is 2. The van der Waals surface area contributed by atoms with E-state index >= 15 is 0 Å². The van der Waals surface area contributed by atoms with E-state index < -0.39 is 21.9 Å². The molecule has 0 N–H and O–H groups in total. The van der Waals surface area contributed by atoms with Gasteiger partial charge in [-0.15, -0.1) is 11.3 Å². The highest BCUT2D eigenvalue weighted by Gasteiger charge is 2.35. The maximum Gasteiger partial charge on any atom is 0.433 e. The number of para-hydroxylation sites is 1. The molecule has 0 bridgehead atoms. The minimum Gasteiger partial charge on any atom is -0.266 e. The third-order valence-corrected chi connectivity index (χ3v) is 7.36. The Morgan fingerprint density at radius 1 is 1.15 bits per heavy atom. The quantitative estimate of drug-likeness (QED) is 0.621. The normalized spacial score (nSPS) is 12.3. The highest BCUT2D eigenvalue weighted by molar-refractivity contribution is 7.94. The lowest BCUT2D eigenvalue weighted by molar-refractivity contribution is -0.143. The number of halogens is 3. The van der Waals surface area contributed by atoms with Crippen LogP contribution in [0.4, 0.5) is 18.9 Å². The predicted molar refractivity (Wildman–Crippen MR) is 98.2 cm³/mol. The number of hydrogen-bond donors (Lipinski definition) is 0. The van der Waals surface area contributed by atoms with E-state index in [0.29, 0.717) is 10.6 Å². The Balaban J connectivity index is 1.98. The fourth-order valence-electron chi connectivity index (χ4n) is 2.64. The van der Waals surface area contributed by atoms with E-state index in [1.807, 2.05) is 0 Å². The summed E-state index contributed by atoms with van der Waals surface area (Å²) in [5.41, 5.74) is -0.291. The topological polar surface area (TPSA) is 55.2 Å². The second kappa shape index (κ2) is 7.01. The van der Waals surface area contributed by atoms with Crippen molar-refractivity contribution in [3.05, 3.63) is 54.2 Å². The molecule has 0 atom stereocenters. The van der Waals surface area contributed by atoms with Crippen molar-refractivity contribution in [3.63, 3.8) is 0 Å². The Morgan fingerprint density at radius 2 is 1.81 bits per heavy atom. The molecule has 27 heavy (non-hydrogen) atoms. The number of rotatable bonds is 5. The van der Waals surface area contributed by atoms with Crippen molar-refractivity contribution in [2.75, 3.05) is 10.8 Å². The van der Waals surface area contributed by atoms with Gasteiger partial charge in [-0.05, 0) is 37.3 Å². The van der Waals surface area contributed by atoms with Gasteiger partial charge < -0.3 is 0 Å². The van der Waals surface area contributed by atoms with Gasteiger partial charge in [-0.2, -0.15) is 18.3 Å². The summed E-state index contributed by atoms with van der Waals surface area (Å²) in [4.78, 5) is 0.351. The molecule has 10 heteroatoms. The Kier molecular flexibility index (Phi) is 5.04. The van der Waals surface area contributed by atoms with E-state index in [9.17, 15) is 21.6 Å². The predicted octanol–water partition coefficient (Wildman–Crippen LogP) is 4.38. The lowest BCUT2D eigenvalue weighted by Crippen LogP contribution is -2.30. The molecular weight excluding hydrogens is 399 g/mol. The third kappa shape index (κ3) is 3.72. The van der Waals surface area contributed by atoms with Crippen molar-refractivity contribution in [2.24, 2.45) is 7.05 Å². The highest BCUT2D eigenvalue weighted by Crippen LogP contribution is 2.36. The van der Waals surface area contributed by atoms with Crippen molar-refractivity contribution in [2.45, 2.75) is 17.3 Å². The number of nitrogens with zero attached hydrogens (tertiary/aromatic N) is 3. The molecule has 3 aromatic rings. The minimum absolute atomic E-state index is 0.0439. The molecule has 2 aromatic heterocycles. The van der Waals surface area contributed by atoms with E-state index in [1.165, 1.54) is 23.5 Å². The van der Waals surface area contributed by atoms with Crippen LogP contribution in [0, 0.1) is 0 Å². The Labute approximate surface area is 158 Å². The molecule has 0 fully saturated rings. The van der Waals surface area contributed by atoms with E-state index in [2.05, 4.69) is 5.10 Å². The van der Waals surface area contributed by atoms with E-state index in [1.54, 1.807) is 37.3 Å². The second-order valence-electron chi connectivity index (χ2n) is 5.66. The van der Waals surface area contributed by atoms with Gasteiger partial charge in [0.05, 0.1) is 10.6 Å². The molecule has 0 aliphatic carbocycles. The first-order chi connectivity index (χ1) is 12.6. The first-order valence-corrected chi connectivity index (χ1v) is 10.2. The molecule has 2 heterocycles. The molecule has 3 rings (SSSR count). The van der Waals surface area contributed by atoms with Gasteiger partial charge in [0.1, 0.15) is 15.6 Å². The maximum atomic E-state index is 13.0. The molecule has 0 saturated heterocycles. The zero-order valence-corrected chi connectivity index (χ0v) is 16.1. The van der Waals surface area contributed by atoms with Crippen LogP contribution in [0.15, 0.2) is 52.7 Å². The average molecular weight is 415 g/mol. The van der Waals surface area contributed by atoms with Gasteiger partial charge in [-0.25, -0.2) is 8.42 Å². The fraction of sp³-hybridized carbons (Fsp3) is 0.235. The molecule has 0 unspecified atom stereocenters. The zero-order chi connectivity index (χ0) is 19.8. The van der Waals surface area contributed by atoms with Gasteiger partial charge in [-0.1, -0.05) is 18.2 Å². The summed E-state index contributed by atoms with van der Waals surface area (Å²) in [7, 11) is -2.63. The Bertz CT molecular complexity index is 1040. The van der Waals surface area contributed by atoms with Gasteiger partial charge in [-0.3, -0.25) is 8.99 Å². The minimum atomic E-state index is -4.53. The van der Waals surface area contributed by atoms with E-state index in [-0.39, 0.29) is 16.4 Å². The second-order valence-corrected chi connectivity index (χ2v) is 8.83. The Morgan fingerprint density at radius 3 is 2.37 bits per heavy atom. The van der Waals surface area contributed by atoms with E-state index in [4.69, 9.17) is 0 Å². The number of thiophene rings is 1. The first kappa shape index (κ1) is 19.4. The molecule has 1 aromatic carbocycles. The van der Waals surface area contributed by atoms with Crippen molar-refractivity contribution in [1.82, 2.24) is 9.78 Å².